The monoisotopic (exact) mass is 365 g/mol. The first-order valence-corrected chi connectivity index (χ1v) is 7.50. The van der Waals surface area contributed by atoms with Crippen molar-refractivity contribution in [1.29, 1.82) is 0 Å². The second kappa shape index (κ2) is 5.61. The minimum absolute atomic E-state index is 0.0472. The van der Waals surface area contributed by atoms with Crippen LogP contribution in [0, 0.1) is 3.57 Å². The van der Waals surface area contributed by atoms with Crippen LogP contribution in [0.2, 0.25) is 0 Å². The van der Waals surface area contributed by atoms with Crippen LogP contribution in [0.4, 0.5) is 0 Å². The summed E-state index contributed by atoms with van der Waals surface area (Å²) in [6, 6.07) is 15.1. The zero-order valence-corrected chi connectivity index (χ0v) is 12.8. The van der Waals surface area contributed by atoms with E-state index in [1.165, 1.54) is 25.8 Å². The first-order chi connectivity index (χ1) is 9.22. The van der Waals surface area contributed by atoms with Crippen LogP contribution in [0.25, 0.3) is 0 Å². The Morgan fingerprint density at radius 1 is 1.05 bits per heavy atom. The van der Waals surface area contributed by atoms with Gasteiger partial charge >= 0.3 is 0 Å². The van der Waals surface area contributed by atoms with E-state index in [2.05, 4.69) is 65.1 Å². The van der Waals surface area contributed by atoms with Crippen LogP contribution in [0.1, 0.15) is 28.3 Å². The van der Waals surface area contributed by atoms with Gasteiger partial charge in [0, 0.05) is 9.61 Å². The largest absolute Gasteiger partial charge is 0.372 e. The van der Waals surface area contributed by atoms with Crippen molar-refractivity contribution < 1.29 is 4.74 Å². The quantitative estimate of drug-likeness (QED) is 0.845. The fraction of sp³-hybridized carbons (Fsp3) is 0.250. The molecule has 1 unspecified atom stereocenters. The molecule has 0 amide bonds. The van der Waals surface area contributed by atoms with Crippen LogP contribution in [-0.4, -0.2) is 0 Å². The number of hydrogen-bond donors (Lipinski definition) is 1. The summed E-state index contributed by atoms with van der Waals surface area (Å²) in [6.07, 6.45) is 0.872. The average Bonchev–Trinajstić information content (AvgIpc) is 2.88. The summed E-state index contributed by atoms with van der Waals surface area (Å²) in [5.74, 6) is 0. The van der Waals surface area contributed by atoms with Gasteiger partial charge in [-0.05, 0) is 63.4 Å². The maximum atomic E-state index is 6.32. The molecule has 2 aromatic carbocycles. The molecule has 1 aliphatic rings. The van der Waals surface area contributed by atoms with Crippen molar-refractivity contribution in [2.24, 2.45) is 5.73 Å². The fourth-order valence-electron chi connectivity index (χ4n) is 2.41. The van der Waals surface area contributed by atoms with Gasteiger partial charge in [0.15, 0.2) is 0 Å². The summed E-state index contributed by atoms with van der Waals surface area (Å²) in [5, 5.41) is 0. The predicted molar refractivity (Wildman–Crippen MR) is 84.7 cm³/mol. The van der Waals surface area contributed by atoms with Crippen LogP contribution >= 0.6 is 22.6 Å². The molecule has 1 atom stereocenters. The van der Waals surface area contributed by atoms with E-state index in [1.54, 1.807) is 0 Å². The minimum Gasteiger partial charge on any atom is -0.372 e. The van der Waals surface area contributed by atoms with Crippen molar-refractivity contribution >= 4 is 22.6 Å². The lowest BCUT2D eigenvalue weighted by Crippen LogP contribution is -2.13. The van der Waals surface area contributed by atoms with E-state index in [-0.39, 0.29) is 6.04 Å². The highest BCUT2D eigenvalue weighted by atomic mass is 127. The minimum atomic E-state index is 0.0472. The Hall–Kier alpha value is -0.910. The van der Waals surface area contributed by atoms with E-state index in [0.717, 1.165) is 19.6 Å². The highest BCUT2D eigenvalue weighted by Gasteiger charge is 2.14. The van der Waals surface area contributed by atoms with E-state index >= 15 is 0 Å². The molecule has 0 radical (unpaired) electrons. The average molecular weight is 365 g/mol. The third kappa shape index (κ3) is 2.99. The highest BCUT2D eigenvalue weighted by Crippen LogP contribution is 2.24. The van der Waals surface area contributed by atoms with Gasteiger partial charge in [0.1, 0.15) is 0 Å². The molecule has 19 heavy (non-hydrogen) atoms. The van der Waals surface area contributed by atoms with Crippen LogP contribution in [0.3, 0.4) is 0 Å². The van der Waals surface area contributed by atoms with Gasteiger partial charge in [0.25, 0.3) is 0 Å². The SMILES string of the molecule is NC(Cc1ccc(I)cc1)c1ccc2c(c1)COC2. The Labute approximate surface area is 127 Å². The second-order valence-corrected chi connectivity index (χ2v) is 6.20. The van der Waals surface area contributed by atoms with Crippen molar-refractivity contribution in [3.63, 3.8) is 0 Å². The Kier molecular flexibility index (Phi) is 3.86. The third-order valence-electron chi connectivity index (χ3n) is 3.54. The molecule has 0 aromatic heterocycles. The topological polar surface area (TPSA) is 35.2 Å². The molecule has 2 N–H and O–H groups in total. The standard InChI is InChI=1S/C16H16INO/c17-15-5-1-11(2-6-15)7-16(18)12-3-4-13-9-19-10-14(13)8-12/h1-6,8,16H,7,9-10,18H2. The summed E-state index contributed by atoms with van der Waals surface area (Å²) in [6.45, 7) is 1.46. The summed E-state index contributed by atoms with van der Waals surface area (Å²) in [7, 11) is 0. The van der Waals surface area contributed by atoms with Gasteiger partial charge in [-0.25, -0.2) is 0 Å². The first-order valence-electron chi connectivity index (χ1n) is 6.42. The molecule has 0 saturated carbocycles. The lowest BCUT2D eigenvalue weighted by atomic mass is 9.97. The Bertz CT molecular complexity index is 580. The van der Waals surface area contributed by atoms with E-state index in [9.17, 15) is 0 Å². The normalized spacial score (nSPS) is 15.3. The molecular weight excluding hydrogens is 349 g/mol. The number of hydrogen-bond acceptors (Lipinski definition) is 2. The number of benzene rings is 2. The van der Waals surface area contributed by atoms with Crippen LogP contribution in [0.5, 0.6) is 0 Å². The van der Waals surface area contributed by atoms with E-state index in [4.69, 9.17) is 10.5 Å². The van der Waals surface area contributed by atoms with Gasteiger partial charge in [-0.15, -0.1) is 0 Å². The van der Waals surface area contributed by atoms with Crippen molar-refractivity contribution in [3.8, 4) is 0 Å². The molecule has 0 fully saturated rings. The molecule has 0 spiro atoms. The lowest BCUT2D eigenvalue weighted by molar-refractivity contribution is 0.134. The predicted octanol–water partition coefficient (Wildman–Crippen LogP) is 3.56. The Balaban J connectivity index is 1.76. The van der Waals surface area contributed by atoms with Crippen molar-refractivity contribution in [3.05, 3.63) is 68.3 Å². The molecule has 0 aliphatic carbocycles. The molecule has 1 heterocycles. The van der Waals surface area contributed by atoms with Gasteiger partial charge in [-0.3, -0.25) is 0 Å². The molecule has 1 aliphatic heterocycles. The van der Waals surface area contributed by atoms with Gasteiger partial charge in [-0.2, -0.15) is 0 Å². The Morgan fingerprint density at radius 2 is 1.79 bits per heavy atom. The summed E-state index contributed by atoms with van der Waals surface area (Å²) < 4.78 is 6.69. The maximum Gasteiger partial charge on any atom is 0.0725 e. The van der Waals surface area contributed by atoms with Gasteiger partial charge < -0.3 is 10.5 Å². The first kappa shape index (κ1) is 13.1. The van der Waals surface area contributed by atoms with Gasteiger partial charge in [0.05, 0.1) is 13.2 Å². The molecule has 2 nitrogen and oxygen atoms in total. The maximum absolute atomic E-state index is 6.32. The summed E-state index contributed by atoms with van der Waals surface area (Å²) in [4.78, 5) is 0. The number of rotatable bonds is 3. The molecule has 0 saturated heterocycles. The van der Waals surface area contributed by atoms with Crippen molar-refractivity contribution in [2.75, 3.05) is 0 Å². The third-order valence-corrected chi connectivity index (χ3v) is 4.26. The zero-order valence-electron chi connectivity index (χ0n) is 10.6. The van der Waals surface area contributed by atoms with Crippen LogP contribution in [0.15, 0.2) is 42.5 Å². The number of fused-ring (bicyclic) bond motifs is 1. The molecule has 2 aromatic rings. The Morgan fingerprint density at radius 3 is 2.58 bits per heavy atom. The van der Waals surface area contributed by atoms with Crippen LogP contribution < -0.4 is 5.73 Å². The van der Waals surface area contributed by atoms with Gasteiger partial charge in [0.2, 0.25) is 0 Å². The molecule has 3 rings (SSSR count). The van der Waals surface area contributed by atoms with E-state index in [1.807, 2.05) is 0 Å². The van der Waals surface area contributed by atoms with Gasteiger partial charge in [-0.1, -0.05) is 30.3 Å². The van der Waals surface area contributed by atoms with Crippen molar-refractivity contribution in [2.45, 2.75) is 25.7 Å². The lowest BCUT2D eigenvalue weighted by Gasteiger charge is -2.13. The molecule has 3 heteroatoms. The smallest absolute Gasteiger partial charge is 0.0725 e. The number of nitrogens with two attached hydrogens (primary N) is 1. The highest BCUT2D eigenvalue weighted by molar-refractivity contribution is 14.1. The second-order valence-electron chi connectivity index (χ2n) is 4.96. The fourth-order valence-corrected chi connectivity index (χ4v) is 2.77. The summed E-state index contributed by atoms with van der Waals surface area (Å²) >= 11 is 2.32. The molecular formula is C16H16INO. The number of ether oxygens (including phenoxy) is 1. The molecule has 0 bridgehead atoms. The van der Waals surface area contributed by atoms with E-state index < -0.39 is 0 Å². The van der Waals surface area contributed by atoms with Crippen molar-refractivity contribution in [1.82, 2.24) is 0 Å². The van der Waals surface area contributed by atoms with E-state index in [0.29, 0.717) is 0 Å². The number of halogens is 1. The summed E-state index contributed by atoms with van der Waals surface area (Å²) in [5.41, 5.74) is 11.4. The van der Waals surface area contributed by atoms with Crippen LogP contribution in [-0.2, 0) is 24.4 Å². The zero-order chi connectivity index (χ0) is 13.2. The molecule has 98 valence electrons.